The van der Waals surface area contributed by atoms with Gasteiger partial charge in [0, 0.05) is 24.3 Å². The number of carboxylic acid groups (broad SMARTS) is 1. The van der Waals surface area contributed by atoms with E-state index in [9.17, 15) is 18.0 Å². The van der Waals surface area contributed by atoms with Gasteiger partial charge < -0.3 is 15.2 Å². The number of ether oxygens (including phenoxy) is 1. The number of nitrogens with one attached hydrogen (secondary N) is 1. The minimum Gasteiger partial charge on any atom is -0.487 e. The molecule has 1 saturated heterocycles. The van der Waals surface area contributed by atoms with Crippen LogP contribution in [0.15, 0.2) is 42.5 Å². The number of aryl methyl sites for hydroxylation is 1. The second-order valence-corrected chi connectivity index (χ2v) is 9.19. The lowest BCUT2D eigenvalue weighted by Crippen LogP contribution is -2.26. The number of benzene rings is 2. The van der Waals surface area contributed by atoms with Crippen molar-refractivity contribution >= 4 is 29.2 Å². The zero-order chi connectivity index (χ0) is 26.2. The maximum Gasteiger partial charge on any atom is 0.490 e. The molecule has 1 fully saturated rings. The Labute approximate surface area is 208 Å². The van der Waals surface area contributed by atoms with Gasteiger partial charge in [-0.3, -0.25) is 9.69 Å². The third-order valence-corrected chi connectivity index (χ3v) is 5.59. The number of anilines is 1. The largest absolute Gasteiger partial charge is 0.490 e. The van der Waals surface area contributed by atoms with E-state index in [0.717, 1.165) is 37.5 Å². The summed E-state index contributed by atoms with van der Waals surface area (Å²) in [6.07, 6.45) is -2.69. The number of hydrogen-bond donors (Lipinski definition) is 2. The molecule has 1 aliphatic rings. The smallest absolute Gasteiger partial charge is 0.487 e. The van der Waals surface area contributed by atoms with E-state index in [0.29, 0.717) is 22.0 Å². The normalized spacial score (nSPS) is 15.9. The van der Waals surface area contributed by atoms with Gasteiger partial charge in [-0.2, -0.15) is 13.2 Å². The van der Waals surface area contributed by atoms with Crippen molar-refractivity contribution in [2.75, 3.05) is 25.0 Å². The molecule has 1 aliphatic heterocycles. The highest BCUT2D eigenvalue weighted by atomic mass is 35.5. The lowest BCUT2D eigenvalue weighted by molar-refractivity contribution is -0.192. The van der Waals surface area contributed by atoms with Crippen LogP contribution in [0.5, 0.6) is 5.75 Å². The molecule has 2 aromatic rings. The number of amides is 1. The predicted molar refractivity (Wildman–Crippen MR) is 129 cm³/mol. The van der Waals surface area contributed by atoms with Crippen molar-refractivity contribution in [3.8, 4) is 5.75 Å². The summed E-state index contributed by atoms with van der Waals surface area (Å²) in [5, 5.41) is 10.5. The molecular formula is C25H30ClF3N2O4. The molecule has 0 aromatic heterocycles. The van der Waals surface area contributed by atoms with Crippen molar-refractivity contribution in [2.45, 2.75) is 45.9 Å². The summed E-state index contributed by atoms with van der Waals surface area (Å²) in [6.45, 7) is 9.63. The van der Waals surface area contributed by atoms with E-state index in [2.05, 4.69) is 24.1 Å². The molecule has 0 spiro atoms. The third kappa shape index (κ3) is 9.78. The number of halogens is 4. The van der Waals surface area contributed by atoms with Gasteiger partial charge in [-0.25, -0.2) is 4.79 Å². The highest BCUT2D eigenvalue weighted by molar-refractivity contribution is 6.32. The van der Waals surface area contributed by atoms with E-state index in [1.165, 1.54) is 6.42 Å². The van der Waals surface area contributed by atoms with Crippen LogP contribution in [0.1, 0.15) is 42.6 Å². The Balaban J connectivity index is 0.000000540. The van der Waals surface area contributed by atoms with Crippen LogP contribution in [0.2, 0.25) is 5.02 Å². The van der Waals surface area contributed by atoms with Gasteiger partial charge in [0.25, 0.3) is 5.91 Å². The topological polar surface area (TPSA) is 78.9 Å². The molecule has 10 heteroatoms. The van der Waals surface area contributed by atoms with Gasteiger partial charge in [-0.1, -0.05) is 43.1 Å². The number of aliphatic carboxylic acids is 1. The number of alkyl halides is 3. The SMILES string of the molecule is Cc1ccc(C(=O)Nc2ccc(OC3CCN(CCC(C)C)C3)c(Cl)c2)cc1.O=C(O)C(F)(F)F. The van der Waals surface area contributed by atoms with Crippen LogP contribution in [0.3, 0.4) is 0 Å². The second-order valence-electron chi connectivity index (χ2n) is 8.78. The van der Waals surface area contributed by atoms with Gasteiger partial charge in [-0.15, -0.1) is 0 Å². The first-order valence-corrected chi connectivity index (χ1v) is 11.6. The zero-order valence-corrected chi connectivity index (χ0v) is 20.6. The quantitative estimate of drug-likeness (QED) is 0.471. The Bertz CT molecular complexity index is 997. The standard InChI is InChI=1S/C23H29ClN2O2.C2HF3O2/c1-16(2)10-12-26-13-11-20(15-26)28-22-9-8-19(14-21(22)24)25-23(27)18-6-4-17(3)5-7-18;3-2(4,5)1(6)7/h4-9,14,16,20H,10-13,15H2,1-3H3,(H,25,27);(H,6,7). The van der Waals surface area contributed by atoms with Crippen molar-refractivity contribution in [2.24, 2.45) is 5.92 Å². The number of likely N-dealkylation sites (tertiary alicyclic amines) is 1. The molecule has 0 aliphatic carbocycles. The molecule has 192 valence electrons. The van der Waals surface area contributed by atoms with Crippen molar-refractivity contribution in [3.63, 3.8) is 0 Å². The lowest BCUT2D eigenvalue weighted by Gasteiger charge is -2.18. The Kier molecular flexibility index (Phi) is 10.4. The van der Waals surface area contributed by atoms with Gasteiger partial charge in [0.2, 0.25) is 0 Å². The molecule has 2 aromatic carbocycles. The summed E-state index contributed by atoms with van der Waals surface area (Å²) in [5.41, 5.74) is 2.40. The van der Waals surface area contributed by atoms with Gasteiger partial charge in [0.15, 0.2) is 0 Å². The first kappa shape index (κ1) is 28.5. The molecule has 3 rings (SSSR count). The molecule has 0 saturated carbocycles. The number of carbonyl (C=O) groups is 2. The molecular weight excluding hydrogens is 485 g/mol. The summed E-state index contributed by atoms with van der Waals surface area (Å²) in [7, 11) is 0. The highest BCUT2D eigenvalue weighted by Gasteiger charge is 2.38. The van der Waals surface area contributed by atoms with Crippen molar-refractivity contribution in [1.29, 1.82) is 0 Å². The number of rotatable bonds is 7. The van der Waals surface area contributed by atoms with Gasteiger partial charge >= 0.3 is 12.1 Å². The molecule has 1 unspecified atom stereocenters. The van der Waals surface area contributed by atoms with Crippen LogP contribution in [-0.4, -0.2) is 53.8 Å². The Morgan fingerprint density at radius 3 is 2.37 bits per heavy atom. The third-order valence-electron chi connectivity index (χ3n) is 5.29. The fraction of sp³-hybridized carbons (Fsp3) is 0.440. The van der Waals surface area contributed by atoms with Crippen molar-refractivity contribution in [1.82, 2.24) is 4.90 Å². The fourth-order valence-electron chi connectivity index (χ4n) is 3.30. The molecule has 0 radical (unpaired) electrons. The van der Waals surface area contributed by atoms with Crippen LogP contribution in [0.4, 0.5) is 18.9 Å². The van der Waals surface area contributed by atoms with Gasteiger partial charge in [0.05, 0.1) is 5.02 Å². The number of carboxylic acids is 1. The van der Waals surface area contributed by atoms with E-state index in [1.54, 1.807) is 6.07 Å². The van der Waals surface area contributed by atoms with E-state index in [-0.39, 0.29) is 12.0 Å². The van der Waals surface area contributed by atoms with E-state index >= 15 is 0 Å². The maximum absolute atomic E-state index is 12.4. The average molecular weight is 515 g/mol. The molecule has 1 atom stereocenters. The summed E-state index contributed by atoms with van der Waals surface area (Å²) in [5.74, 6) is -1.52. The van der Waals surface area contributed by atoms with Crippen LogP contribution in [0, 0.1) is 12.8 Å². The van der Waals surface area contributed by atoms with Crippen molar-refractivity contribution < 1.29 is 32.6 Å². The van der Waals surface area contributed by atoms with Crippen LogP contribution in [0.25, 0.3) is 0 Å². The summed E-state index contributed by atoms with van der Waals surface area (Å²) in [4.78, 5) is 23.7. The number of hydrogen-bond acceptors (Lipinski definition) is 4. The van der Waals surface area contributed by atoms with E-state index < -0.39 is 12.1 Å². The molecule has 35 heavy (non-hydrogen) atoms. The predicted octanol–water partition coefficient (Wildman–Crippen LogP) is 6.03. The summed E-state index contributed by atoms with van der Waals surface area (Å²) < 4.78 is 37.9. The minimum absolute atomic E-state index is 0.152. The average Bonchev–Trinajstić information content (AvgIpc) is 3.22. The molecule has 6 nitrogen and oxygen atoms in total. The Hall–Kier alpha value is -2.78. The van der Waals surface area contributed by atoms with Crippen molar-refractivity contribution in [3.05, 3.63) is 58.6 Å². The highest BCUT2D eigenvalue weighted by Crippen LogP contribution is 2.30. The fourth-order valence-corrected chi connectivity index (χ4v) is 3.52. The van der Waals surface area contributed by atoms with Crippen LogP contribution < -0.4 is 10.1 Å². The lowest BCUT2D eigenvalue weighted by atomic mass is 10.1. The molecule has 0 bridgehead atoms. The van der Waals surface area contributed by atoms with Crippen LogP contribution >= 0.6 is 11.6 Å². The first-order valence-electron chi connectivity index (χ1n) is 11.2. The minimum atomic E-state index is -5.08. The van der Waals surface area contributed by atoms with Gasteiger partial charge in [-0.05, 0) is 62.6 Å². The molecule has 2 N–H and O–H groups in total. The maximum atomic E-state index is 12.4. The second kappa shape index (κ2) is 12.8. The first-order chi connectivity index (χ1) is 16.3. The van der Waals surface area contributed by atoms with Gasteiger partial charge in [0.1, 0.15) is 11.9 Å². The molecule has 1 amide bonds. The number of nitrogens with zero attached hydrogens (tertiary/aromatic N) is 1. The monoisotopic (exact) mass is 514 g/mol. The Morgan fingerprint density at radius 1 is 1.20 bits per heavy atom. The zero-order valence-electron chi connectivity index (χ0n) is 19.9. The Morgan fingerprint density at radius 2 is 1.83 bits per heavy atom. The van der Waals surface area contributed by atoms with E-state index in [1.807, 2.05) is 43.3 Å². The summed E-state index contributed by atoms with van der Waals surface area (Å²) >= 11 is 6.41. The molecule has 1 heterocycles. The number of carbonyl (C=O) groups excluding carboxylic acids is 1. The van der Waals surface area contributed by atoms with Crippen LogP contribution in [-0.2, 0) is 4.79 Å². The van der Waals surface area contributed by atoms with E-state index in [4.69, 9.17) is 26.2 Å². The summed E-state index contributed by atoms with van der Waals surface area (Å²) in [6, 6.07) is 12.9.